The fraction of sp³-hybridized carbons (Fsp3) is 0.167. The lowest BCUT2D eigenvalue weighted by Gasteiger charge is -2.12. The number of rotatable bonds is 8. The maximum absolute atomic E-state index is 11.3. The lowest BCUT2D eigenvalue weighted by Crippen LogP contribution is -3.00. The SMILES string of the molecule is CC(=O)Nc1ccc2sc(/C=C/C=C/C=C/N(C)c3ccccc3)[n+](CCO)c2c1.[I-]. The summed E-state index contributed by atoms with van der Waals surface area (Å²) in [5.74, 6) is -0.102. The van der Waals surface area contributed by atoms with Crippen LogP contribution < -0.4 is 38.8 Å². The molecule has 31 heavy (non-hydrogen) atoms. The van der Waals surface area contributed by atoms with Crippen LogP contribution in [0.25, 0.3) is 16.3 Å². The molecule has 162 valence electrons. The van der Waals surface area contributed by atoms with Crippen LogP contribution in [0.3, 0.4) is 0 Å². The molecule has 5 nitrogen and oxygen atoms in total. The van der Waals surface area contributed by atoms with Gasteiger partial charge in [-0.25, -0.2) is 0 Å². The summed E-state index contributed by atoms with van der Waals surface area (Å²) in [5.41, 5.74) is 2.88. The second-order valence-electron chi connectivity index (χ2n) is 6.71. The molecule has 0 bridgehead atoms. The van der Waals surface area contributed by atoms with Gasteiger partial charge >= 0.3 is 0 Å². The minimum absolute atomic E-state index is 0. The van der Waals surface area contributed by atoms with Gasteiger partial charge in [-0.2, -0.15) is 4.57 Å². The summed E-state index contributed by atoms with van der Waals surface area (Å²) < 4.78 is 3.17. The van der Waals surface area contributed by atoms with Crippen molar-refractivity contribution in [3.8, 4) is 0 Å². The first-order valence-electron chi connectivity index (χ1n) is 9.73. The zero-order valence-electron chi connectivity index (χ0n) is 17.5. The molecule has 2 aromatic carbocycles. The standard InChI is InChI=1S/C24H25N3O2S.HI/c1-19(29)25-20-13-14-23-22(18-20)27(16-17-28)24(30-23)12-8-3-4-9-15-26(2)21-10-6-5-7-11-21;/h3-15,18,28H,16-17H2,1-2H3;1H. The second-order valence-corrected chi connectivity index (χ2v) is 7.77. The average molecular weight is 547 g/mol. The lowest BCUT2D eigenvalue weighted by molar-refractivity contribution is -0.670. The van der Waals surface area contributed by atoms with E-state index in [-0.39, 0.29) is 36.5 Å². The van der Waals surface area contributed by atoms with Crippen molar-refractivity contribution in [1.82, 2.24) is 0 Å². The molecule has 3 rings (SSSR count). The first-order chi connectivity index (χ1) is 14.6. The number of anilines is 2. The van der Waals surface area contributed by atoms with E-state index in [4.69, 9.17) is 0 Å². The predicted octanol–water partition coefficient (Wildman–Crippen LogP) is 1.36. The summed E-state index contributed by atoms with van der Waals surface area (Å²) in [5, 5.41) is 13.3. The topological polar surface area (TPSA) is 56.5 Å². The molecule has 0 spiro atoms. The van der Waals surface area contributed by atoms with Gasteiger partial charge < -0.3 is 39.3 Å². The van der Waals surface area contributed by atoms with Crippen LogP contribution in [0.5, 0.6) is 0 Å². The molecule has 0 fully saturated rings. The minimum Gasteiger partial charge on any atom is -1.00 e. The molecule has 0 saturated carbocycles. The Labute approximate surface area is 204 Å². The summed E-state index contributed by atoms with van der Waals surface area (Å²) in [4.78, 5) is 13.4. The van der Waals surface area contributed by atoms with E-state index in [9.17, 15) is 9.90 Å². The molecule has 0 radical (unpaired) electrons. The molecule has 7 heteroatoms. The van der Waals surface area contributed by atoms with Crippen LogP contribution in [-0.4, -0.2) is 24.7 Å². The van der Waals surface area contributed by atoms with E-state index in [1.165, 1.54) is 6.92 Å². The third-order valence-corrected chi connectivity index (χ3v) is 5.55. The number of nitrogens with one attached hydrogen (secondary N) is 1. The number of nitrogens with zero attached hydrogens (tertiary/aromatic N) is 2. The summed E-state index contributed by atoms with van der Waals surface area (Å²) in [6.07, 6.45) is 12.0. The second kappa shape index (κ2) is 12.4. The first kappa shape index (κ1) is 24.8. The van der Waals surface area contributed by atoms with Crippen LogP contribution >= 0.6 is 11.3 Å². The van der Waals surface area contributed by atoms with Crippen molar-refractivity contribution in [3.05, 3.63) is 84.0 Å². The zero-order valence-corrected chi connectivity index (χ0v) is 20.5. The highest BCUT2D eigenvalue weighted by Crippen LogP contribution is 2.24. The number of carbonyl (C=O) groups excluding carboxylic acids is 1. The van der Waals surface area contributed by atoms with Gasteiger partial charge in [0.2, 0.25) is 11.4 Å². The number of halogens is 1. The molecule has 0 aliphatic rings. The van der Waals surface area contributed by atoms with E-state index >= 15 is 0 Å². The van der Waals surface area contributed by atoms with E-state index in [0.29, 0.717) is 6.54 Å². The number of para-hydroxylation sites is 1. The van der Waals surface area contributed by atoms with Gasteiger partial charge in [0.1, 0.15) is 11.3 Å². The average Bonchev–Trinajstić information content (AvgIpc) is 3.08. The van der Waals surface area contributed by atoms with Crippen molar-refractivity contribution in [2.24, 2.45) is 0 Å². The predicted molar refractivity (Wildman–Crippen MR) is 126 cm³/mol. The van der Waals surface area contributed by atoms with Gasteiger partial charge in [-0.3, -0.25) is 4.79 Å². The van der Waals surface area contributed by atoms with Gasteiger partial charge in [0.05, 0.1) is 0 Å². The van der Waals surface area contributed by atoms with E-state index in [1.54, 1.807) is 11.3 Å². The Morgan fingerprint density at radius 2 is 1.87 bits per heavy atom. The third kappa shape index (κ3) is 7.02. The third-order valence-electron chi connectivity index (χ3n) is 4.42. The molecule has 2 N–H and O–H groups in total. The summed E-state index contributed by atoms with van der Waals surface area (Å²) in [6.45, 7) is 2.03. The molecular formula is C24H26IN3O2S. The van der Waals surface area contributed by atoms with Gasteiger partial charge in [0.25, 0.3) is 5.01 Å². The molecule has 3 aromatic rings. The van der Waals surface area contributed by atoms with Crippen molar-refractivity contribution in [3.63, 3.8) is 0 Å². The molecule has 0 atom stereocenters. The Hall–Kier alpha value is -2.49. The van der Waals surface area contributed by atoms with Crippen LogP contribution in [0.4, 0.5) is 11.4 Å². The van der Waals surface area contributed by atoms with Crippen LogP contribution in [0.2, 0.25) is 0 Å². The van der Waals surface area contributed by atoms with Gasteiger partial charge in [-0.15, -0.1) is 0 Å². The Kier molecular flexibility index (Phi) is 9.90. The molecule has 1 aromatic heterocycles. The molecule has 0 aliphatic heterocycles. The number of aliphatic hydroxyl groups is 1. The molecular weight excluding hydrogens is 521 g/mol. The summed E-state index contributed by atoms with van der Waals surface area (Å²) in [7, 11) is 2.01. The monoisotopic (exact) mass is 547 g/mol. The number of aliphatic hydroxyl groups excluding tert-OH is 1. The van der Waals surface area contributed by atoms with E-state index in [1.807, 2.05) is 80.0 Å². The number of aromatic nitrogens is 1. The fourth-order valence-electron chi connectivity index (χ4n) is 3.03. The van der Waals surface area contributed by atoms with Crippen molar-refractivity contribution >= 4 is 44.9 Å². The summed E-state index contributed by atoms with van der Waals surface area (Å²) in [6, 6.07) is 16.0. The highest BCUT2D eigenvalue weighted by Gasteiger charge is 2.18. The quantitative estimate of drug-likeness (QED) is 0.255. The Balaban J connectivity index is 0.00000341. The van der Waals surface area contributed by atoms with E-state index < -0.39 is 0 Å². The van der Waals surface area contributed by atoms with Gasteiger partial charge in [0, 0.05) is 43.7 Å². The number of fused-ring (bicyclic) bond motifs is 1. The highest BCUT2D eigenvalue weighted by molar-refractivity contribution is 7.18. The number of amides is 1. The van der Waals surface area contributed by atoms with Crippen molar-refractivity contribution < 1.29 is 38.4 Å². The smallest absolute Gasteiger partial charge is 0.262 e. The van der Waals surface area contributed by atoms with Crippen molar-refractivity contribution in [2.45, 2.75) is 13.5 Å². The molecule has 1 amide bonds. The Bertz CT molecular complexity index is 1090. The van der Waals surface area contributed by atoms with Crippen molar-refractivity contribution in [2.75, 3.05) is 23.9 Å². The molecule has 0 saturated heterocycles. The molecule has 0 aliphatic carbocycles. The van der Waals surface area contributed by atoms with Crippen LogP contribution in [0.1, 0.15) is 11.9 Å². The normalized spacial score (nSPS) is 11.5. The minimum atomic E-state index is -0.102. The fourth-order valence-corrected chi connectivity index (χ4v) is 4.11. The maximum atomic E-state index is 11.3. The number of hydrogen-bond acceptors (Lipinski definition) is 4. The first-order valence-corrected chi connectivity index (χ1v) is 10.5. The van der Waals surface area contributed by atoms with E-state index in [2.05, 4.69) is 26.9 Å². The maximum Gasteiger partial charge on any atom is 0.262 e. The van der Waals surface area contributed by atoms with Gasteiger partial charge in [0.15, 0.2) is 6.54 Å². The van der Waals surface area contributed by atoms with Crippen LogP contribution in [0.15, 0.2) is 79.0 Å². The number of benzene rings is 2. The van der Waals surface area contributed by atoms with Crippen molar-refractivity contribution in [1.29, 1.82) is 0 Å². The Morgan fingerprint density at radius 3 is 2.58 bits per heavy atom. The van der Waals surface area contributed by atoms with Gasteiger partial charge in [-0.05, 0) is 30.3 Å². The summed E-state index contributed by atoms with van der Waals surface area (Å²) >= 11 is 1.65. The Morgan fingerprint density at radius 1 is 1.13 bits per heavy atom. The highest BCUT2D eigenvalue weighted by atomic mass is 127. The lowest BCUT2D eigenvalue weighted by atomic mass is 10.3. The number of allylic oxidation sites excluding steroid dienone is 4. The molecule has 0 unspecified atom stereocenters. The largest absolute Gasteiger partial charge is 1.00 e. The number of carbonyl (C=O) groups is 1. The zero-order chi connectivity index (χ0) is 21.3. The number of hydrogen-bond donors (Lipinski definition) is 2. The molecule has 1 heterocycles. The number of thiazole rings is 1. The van der Waals surface area contributed by atoms with Gasteiger partial charge in [-0.1, -0.05) is 47.8 Å². The van der Waals surface area contributed by atoms with Crippen LogP contribution in [0, 0.1) is 0 Å². The van der Waals surface area contributed by atoms with Crippen LogP contribution in [-0.2, 0) is 11.3 Å². The van der Waals surface area contributed by atoms with E-state index in [0.717, 1.165) is 26.6 Å².